The third-order valence-electron chi connectivity index (χ3n) is 1.61. The van der Waals surface area contributed by atoms with Crippen molar-refractivity contribution in [1.29, 1.82) is 0 Å². The molecule has 0 bridgehead atoms. The number of rotatable bonds is 5. The van der Waals surface area contributed by atoms with Crippen LogP contribution in [0.15, 0.2) is 11.6 Å². The zero-order chi connectivity index (χ0) is 8.69. The van der Waals surface area contributed by atoms with Crippen molar-refractivity contribution >= 4 is 0 Å². The minimum atomic E-state index is 1.22. The Bertz CT molecular complexity index is 110. The van der Waals surface area contributed by atoms with Gasteiger partial charge in [0, 0.05) is 0 Å². The zero-order valence-electron chi connectivity index (χ0n) is 8.35. The maximum Gasteiger partial charge on any atom is -0.00247 e. The van der Waals surface area contributed by atoms with E-state index >= 15 is 0 Å². The van der Waals surface area contributed by atoms with Crippen LogP contribution in [0.4, 0.5) is 0 Å². The Morgan fingerprint density at radius 1 is 1.18 bits per heavy atom. The van der Waals surface area contributed by atoms with Gasteiger partial charge in [0.15, 0.2) is 0 Å². The van der Waals surface area contributed by atoms with E-state index in [0.717, 1.165) is 0 Å². The lowest BCUT2D eigenvalue weighted by Gasteiger charge is -2.07. The van der Waals surface area contributed by atoms with Crippen LogP contribution in [0.5, 0.6) is 0 Å². The van der Waals surface area contributed by atoms with E-state index in [1.165, 1.54) is 31.4 Å². The van der Waals surface area contributed by atoms with Gasteiger partial charge in [-0.25, -0.2) is 0 Å². The Hall–Kier alpha value is -0.300. The van der Waals surface area contributed by atoms with E-state index in [1.807, 2.05) is 0 Å². The lowest BCUT2D eigenvalue weighted by atomic mass is 10.2. The summed E-state index contributed by atoms with van der Waals surface area (Å²) in [6.45, 7) is 5.54. The number of hydrogen-bond donors (Lipinski definition) is 0. The van der Waals surface area contributed by atoms with Crippen molar-refractivity contribution < 1.29 is 0 Å². The summed E-state index contributed by atoms with van der Waals surface area (Å²) >= 11 is 0. The maximum absolute atomic E-state index is 2.32. The van der Waals surface area contributed by atoms with Crippen LogP contribution in [-0.4, -0.2) is 25.5 Å². The second kappa shape index (κ2) is 6.41. The van der Waals surface area contributed by atoms with Gasteiger partial charge in [-0.1, -0.05) is 11.6 Å². The van der Waals surface area contributed by atoms with Gasteiger partial charge in [-0.2, -0.15) is 0 Å². The number of hydrogen-bond acceptors (Lipinski definition) is 1. The molecule has 0 aliphatic rings. The van der Waals surface area contributed by atoms with E-state index in [4.69, 9.17) is 0 Å². The average molecular weight is 155 g/mol. The molecule has 0 aromatic heterocycles. The minimum absolute atomic E-state index is 1.22. The highest BCUT2D eigenvalue weighted by atomic mass is 15.0. The SMILES string of the molecule is CC(C)=CCCCCN(C)C. The van der Waals surface area contributed by atoms with E-state index in [1.54, 1.807) is 0 Å². The molecule has 0 aliphatic carbocycles. The van der Waals surface area contributed by atoms with Crippen LogP contribution in [0.2, 0.25) is 0 Å². The topological polar surface area (TPSA) is 3.24 Å². The van der Waals surface area contributed by atoms with E-state index in [0.29, 0.717) is 0 Å². The molecule has 1 nitrogen and oxygen atoms in total. The van der Waals surface area contributed by atoms with Crippen LogP contribution in [0.3, 0.4) is 0 Å². The van der Waals surface area contributed by atoms with E-state index in [9.17, 15) is 0 Å². The summed E-state index contributed by atoms with van der Waals surface area (Å²) in [6.07, 6.45) is 6.20. The summed E-state index contributed by atoms with van der Waals surface area (Å²) in [7, 11) is 4.25. The molecule has 0 spiro atoms. The van der Waals surface area contributed by atoms with E-state index in [2.05, 4.69) is 38.9 Å². The Kier molecular flexibility index (Phi) is 6.24. The van der Waals surface area contributed by atoms with Crippen LogP contribution in [0, 0.1) is 0 Å². The Morgan fingerprint density at radius 2 is 1.82 bits per heavy atom. The van der Waals surface area contributed by atoms with Crippen LogP contribution >= 0.6 is 0 Å². The van der Waals surface area contributed by atoms with Gasteiger partial charge < -0.3 is 4.90 Å². The minimum Gasteiger partial charge on any atom is -0.309 e. The van der Waals surface area contributed by atoms with Gasteiger partial charge in [0.25, 0.3) is 0 Å². The molecule has 66 valence electrons. The van der Waals surface area contributed by atoms with Crippen LogP contribution in [0.25, 0.3) is 0 Å². The smallest absolute Gasteiger partial charge is 0.00247 e. The van der Waals surface area contributed by atoms with Crippen molar-refractivity contribution in [3.05, 3.63) is 11.6 Å². The molecule has 0 atom stereocenters. The van der Waals surface area contributed by atoms with Crippen LogP contribution in [0.1, 0.15) is 33.1 Å². The van der Waals surface area contributed by atoms with Crippen LogP contribution < -0.4 is 0 Å². The van der Waals surface area contributed by atoms with Gasteiger partial charge in [0.1, 0.15) is 0 Å². The fourth-order valence-corrected chi connectivity index (χ4v) is 0.963. The number of nitrogens with zero attached hydrogens (tertiary/aromatic N) is 1. The summed E-state index contributed by atoms with van der Waals surface area (Å²) in [5.41, 5.74) is 1.44. The predicted molar refractivity (Wildman–Crippen MR) is 51.8 cm³/mol. The molecule has 0 saturated carbocycles. The Morgan fingerprint density at radius 3 is 2.27 bits per heavy atom. The van der Waals surface area contributed by atoms with Gasteiger partial charge in [-0.05, 0) is 53.8 Å². The van der Waals surface area contributed by atoms with Crippen molar-refractivity contribution in [2.75, 3.05) is 20.6 Å². The summed E-state index contributed by atoms with van der Waals surface area (Å²) < 4.78 is 0. The van der Waals surface area contributed by atoms with Crippen molar-refractivity contribution in [3.63, 3.8) is 0 Å². The third-order valence-corrected chi connectivity index (χ3v) is 1.61. The fourth-order valence-electron chi connectivity index (χ4n) is 0.963. The summed E-state index contributed by atoms with van der Waals surface area (Å²) in [4.78, 5) is 2.24. The van der Waals surface area contributed by atoms with Crippen molar-refractivity contribution in [2.24, 2.45) is 0 Å². The first kappa shape index (κ1) is 10.7. The molecule has 0 rings (SSSR count). The number of allylic oxidation sites excluding steroid dienone is 2. The standard InChI is InChI=1S/C10H21N/c1-10(2)8-6-5-7-9-11(3)4/h8H,5-7,9H2,1-4H3. The van der Waals surface area contributed by atoms with Crippen LogP contribution in [-0.2, 0) is 0 Å². The molecule has 0 heterocycles. The molecule has 0 aromatic carbocycles. The molecule has 0 unspecified atom stereocenters. The molecule has 1 heteroatoms. The summed E-state index contributed by atoms with van der Waals surface area (Å²) in [5.74, 6) is 0. The second-order valence-corrected chi connectivity index (χ2v) is 3.58. The monoisotopic (exact) mass is 155 g/mol. The highest BCUT2D eigenvalue weighted by Crippen LogP contribution is 2.00. The molecular formula is C10H21N. The molecule has 0 radical (unpaired) electrons. The molecule has 0 amide bonds. The largest absolute Gasteiger partial charge is 0.309 e. The van der Waals surface area contributed by atoms with Gasteiger partial charge in [-0.3, -0.25) is 0 Å². The van der Waals surface area contributed by atoms with Crippen molar-refractivity contribution in [3.8, 4) is 0 Å². The van der Waals surface area contributed by atoms with Gasteiger partial charge in [0.2, 0.25) is 0 Å². The fraction of sp³-hybridized carbons (Fsp3) is 0.800. The van der Waals surface area contributed by atoms with Gasteiger partial charge in [-0.15, -0.1) is 0 Å². The Balaban J connectivity index is 3.09. The number of unbranched alkanes of at least 4 members (excludes halogenated alkanes) is 2. The lowest BCUT2D eigenvalue weighted by molar-refractivity contribution is 0.395. The zero-order valence-corrected chi connectivity index (χ0v) is 8.35. The molecule has 0 N–H and O–H groups in total. The maximum atomic E-state index is 2.32. The molecule has 0 aromatic rings. The average Bonchev–Trinajstić information content (AvgIpc) is 1.85. The third kappa shape index (κ3) is 9.70. The summed E-state index contributed by atoms with van der Waals surface area (Å²) in [6, 6.07) is 0. The highest BCUT2D eigenvalue weighted by molar-refractivity contribution is 4.92. The van der Waals surface area contributed by atoms with E-state index < -0.39 is 0 Å². The lowest BCUT2D eigenvalue weighted by Crippen LogP contribution is -2.12. The summed E-state index contributed by atoms with van der Waals surface area (Å²) in [5, 5.41) is 0. The first-order valence-corrected chi connectivity index (χ1v) is 4.41. The predicted octanol–water partition coefficient (Wildman–Crippen LogP) is 2.68. The first-order chi connectivity index (χ1) is 5.13. The molecule has 0 aliphatic heterocycles. The van der Waals surface area contributed by atoms with Crippen molar-refractivity contribution in [2.45, 2.75) is 33.1 Å². The van der Waals surface area contributed by atoms with E-state index in [-0.39, 0.29) is 0 Å². The first-order valence-electron chi connectivity index (χ1n) is 4.41. The molecule has 0 saturated heterocycles. The normalized spacial score (nSPS) is 10.3. The molecular weight excluding hydrogens is 134 g/mol. The van der Waals surface area contributed by atoms with Gasteiger partial charge in [0.05, 0.1) is 0 Å². The highest BCUT2D eigenvalue weighted by Gasteiger charge is 1.88. The molecule has 0 fully saturated rings. The van der Waals surface area contributed by atoms with Crippen molar-refractivity contribution in [1.82, 2.24) is 4.90 Å². The second-order valence-electron chi connectivity index (χ2n) is 3.58. The van der Waals surface area contributed by atoms with Gasteiger partial charge >= 0.3 is 0 Å². The Labute approximate surface area is 71.1 Å². The quantitative estimate of drug-likeness (QED) is 0.436. The molecule has 11 heavy (non-hydrogen) atoms.